The molecule has 0 N–H and O–H groups in total. The smallest absolute Gasteiger partial charge is 0.192 e. The molecule has 0 aliphatic carbocycles. The summed E-state index contributed by atoms with van der Waals surface area (Å²) in [6.07, 6.45) is 4.09. The second-order valence-corrected chi connectivity index (χ2v) is 19.0. The van der Waals surface area contributed by atoms with E-state index in [1.807, 2.05) is 6.08 Å². The molecule has 0 amide bonds. The van der Waals surface area contributed by atoms with E-state index < -0.39 is 16.6 Å². The zero-order valence-electron chi connectivity index (χ0n) is 16.8. The molecule has 0 spiro atoms. The Kier molecular flexibility index (Phi) is 7.81. The Bertz CT molecular complexity index is 349. The van der Waals surface area contributed by atoms with Crippen LogP contribution in [0, 0.1) is 0 Å². The normalized spacial score (nSPS) is 15.7. The average Bonchev–Trinajstić information content (AvgIpc) is 2.25. The third-order valence-corrected chi connectivity index (χ3v) is 14.5. The summed E-state index contributed by atoms with van der Waals surface area (Å²) < 4.78 is 12.9. The molecule has 0 rings (SSSR count). The zero-order chi connectivity index (χ0) is 17.8. The van der Waals surface area contributed by atoms with Crippen molar-refractivity contribution in [3.05, 3.63) is 12.7 Å². The SMILES string of the molecule is C=CCC(CCO[Si](C)(C)C(C)(C)C)O[Si](C)(C)C(C)(C)C. The Morgan fingerprint density at radius 3 is 1.73 bits per heavy atom. The molecule has 1 atom stereocenters. The van der Waals surface area contributed by atoms with Crippen molar-refractivity contribution in [2.75, 3.05) is 6.61 Å². The first kappa shape index (κ1) is 22.1. The predicted octanol–water partition coefficient (Wildman–Crippen LogP) is 6.36. The molecule has 132 valence electrons. The standard InChI is InChI=1S/C18H40O2Si2/c1-12-13-16(20-22(10,11)18(5,6)7)14-15-19-21(8,9)17(2,3)4/h12,16H,1,13-15H2,2-11H3. The third kappa shape index (κ3) is 6.69. The van der Waals surface area contributed by atoms with Crippen LogP contribution in [0.2, 0.25) is 36.3 Å². The highest BCUT2D eigenvalue weighted by Crippen LogP contribution is 2.39. The average molecular weight is 345 g/mol. The van der Waals surface area contributed by atoms with Crippen LogP contribution < -0.4 is 0 Å². The molecule has 1 unspecified atom stereocenters. The topological polar surface area (TPSA) is 18.5 Å². The summed E-state index contributed by atoms with van der Waals surface area (Å²) in [7, 11) is -3.39. The molecular formula is C18H40O2Si2. The molecule has 0 bridgehead atoms. The molecule has 2 nitrogen and oxygen atoms in total. The van der Waals surface area contributed by atoms with Crippen LogP contribution in [-0.2, 0) is 8.85 Å². The highest BCUT2D eigenvalue weighted by Gasteiger charge is 2.40. The third-order valence-electron chi connectivity index (χ3n) is 5.41. The quantitative estimate of drug-likeness (QED) is 0.376. The van der Waals surface area contributed by atoms with Gasteiger partial charge in [-0.2, -0.15) is 0 Å². The van der Waals surface area contributed by atoms with E-state index in [-0.39, 0.29) is 16.2 Å². The minimum Gasteiger partial charge on any atom is -0.417 e. The zero-order valence-corrected chi connectivity index (χ0v) is 18.8. The van der Waals surface area contributed by atoms with Crippen molar-refractivity contribution in [1.82, 2.24) is 0 Å². The maximum atomic E-state index is 6.55. The Labute approximate surface area is 141 Å². The van der Waals surface area contributed by atoms with Crippen LogP contribution in [0.15, 0.2) is 12.7 Å². The molecule has 0 aromatic rings. The first-order valence-electron chi connectivity index (χ1n) is 8.57. The molecule has 4 heteroatoms. The highest BCUT2D eigenvalue weighted by atomic mass is 28.4. The van der Waals surface area contributed by atoms with Crippen molar-refractivity contribution in [3.63, 3.8) is 0 Å². The number of rotatable bonds is 8. The van der Waals surface area contributed by atoms with Gasteiger partial charge in [0.2, 0.25) is 0 Å². The first-order chi connectivity index (χ1) is 9.64. The van der Waals surface area contributed by atoms with Crippen molar-refractivity contribution in [3.8, 4) is 0 Å². The lowest BCUT2D eigenvalue weighted by atomic mass is 10.2. The van der Waals surface area contributed by atoms with Gasteiger partial charge in [0, 0.05) is 6.61 Å². The summed E-state index contributed by atoms with van der Waals surface area (Å²) in [5.41, 5.74) is 0. The van der Waals surface area contributed by atoms with E-state index in [2.05, 4.69) is 74.3 Å². The van der Waals surface area contributed by atoms with E-state index in [9.17, 15) is 0 Å². The molecule has 0 radical (unpaired) electrons. The summed E-state index contributed by atoms with van der Waals surface area (Å²) in [4.78, 5) is 0. The van der Waals surface area contributed by atoms with Crippen molar-refractivity contribution in [2.24, 2.45) is 0 Å². The van der Waals surface area contributed by atoms with E-state index in [1.165, 1.54) is 0 Å². The molecular weight excluding hydrogens is 304 g/mol. The summed E-state index contributed by atoms with van der Waals surface area (Å²) in [6, 6.07) is 0. The fourth-order valence-corrected chi connectivity index (χ4v) is 4.13. The van der Waals surface area contributed by atoms with Gasteiger partial charge in [0.05, 0.1) is 6.10 Å². The summed E-state index contributed by atoms with van der Waals surface area (Å²) in [5, 5.41) is 0.508. The maximum Gasteiger partial charge on any atom is 0.192 e. The van der Waals surface area contributed by atoms with E-state index in [0.29, 0.717) is 0 Å². The monoisotopic (exact) mass is 344 g/mol. The molecule has 0 fully saturated rings. The second-order valence-electron chi connectivity index (χ2n) is 9.42. The van der Waals surface area contributed by atoms with Crippen LogP contribution in [0.3, 0.4) is 0 Å². The van der Waals surface area contributed by atoms with Crippen molar-refractivity contribution < 1.29 is 8.85 Å². The number of hydrogen-bond acceptors (Lipinski definition) is 2. The first-order valence-corrected chi connectivity index (χ1v) is 14.4. The van der Waals surface area contributed by atoms with Crippen LogP contribution in [-0.4, -0.2) is 29.3 Å². The summed E-state index contributed by atoms with van der Waals surface area (Å²) in [5.74, 6) is 0. The Balaban J connectivity index is 4.66. The van der Waals surface area contributed by atoms with Crippen LogP contribution >= 0.6 is 0 Å². The molecule has 0 saturated heterocycles. The lowest BCUT2D eigenvalue weighted by Crippen LogP contribution is -2.45. The highest BCUT2D eigenvalue weighted by molar-refractivity contribution is 6.74. The van der Waals surface area contributed by atoms with E-state index in [0.717, 1.165) is 19.4 Å². The van der Waals surface area contributed by atoms with Crippen LogP contribution in [0.5, 0.6) is 0 Å². The van der Waals surface area contributed by atoms with Crippen molar-refractivity contribution >= 4 is 16.6 Å². The van der Waals surface area contributed by atoms with Crippen molar-refractivity contribution in [2.45, 2.75) is 96.8 Å². The van der Waals surface area contributed by atoms with Gasteiger partial charge >= 0.3 is 0 Å². The molecule has 0 aromatic carbocycles. The van der Waals surface area contributed by atoms with E-state index in [1.54, 1.807) is 0 Å². The minimum atomic E-state index is -1.73. The maximum absolute atomic E-state index is 6.55. The van der Waals surface area contributed by atoms with Crippen LogP contribution in [0.4, 0.5) is 0 Å². The van der Waals surface area contributed by atoms with Gasteiger partial charge in [-0.15, -0.1) is 6.58 Å². The van der Waals surface area contributed by atoms with Gasteiger partial charge < -0.3 is 8.85 Å². The second kappa shape index (κ2) is 7.78. The molecule has 22 heavy (non-hydrogen) atoms. The van der Waals surface area contributed by atoms with Gasteiger partial charge in [0.25, 0.3) is 0 Å². The van der Waals surface area contributed by atoms with E-state index in [4.69, 9.17) is 8.85 Å². The number of hydrogen-bond donors (Lipinski definition) is 0. The predicted molar refractivity (Wildman–Crippen MR) is 105 cm³/mol. The Morgan fingerprint density at radius 2 is 1.36 bits per heavy atom. The van der Waals surface area contributed by atoms with Crippen LogP contribution in [0.25, 0.3) is 0 Å². The van der Waals surface area contributed by atoms with Gasteiger partial charge in [-0.25, -0.2) is 0 Å². The van der Waals surface area contributed by atoms with Gasteiger partial charge in [0.15, 0.2) is 16.6 Å². The molecule has 0 heterocycles. The van der Waals surface area contributed by atoms with Crippen molar-refractivity contribution in [1.29, 1.82) is 0 Å². The fraction of sp³-hybridized carbons (Fsp3) is 0.889. The summed E-state index contributed by atoms with van der Waals surface area (Å²) in [6.45, 7) is 27.7. The Morgan fingerprint density at radius 1 is 0.909 bits per heavy atom. The largest absolute Gasteiger partial charge is 0.417 e. The molecule has 0 aromatic heterocycles. The van der Waals surface area contributed by atoms with Gasteiger partial charge in [-0.05, 0) is 49.1 Å². The minimum absolute atomic E-state index is 0.239. The lowest BCUT2D eigenvalue weighted by Gasteiger charge is -2.40. The van der Waals surface area contributed by atoms with E-state index >= 15 is 0 Å². The molecule has 0 aliphatic rings. The summed E-state index contributed by atoms with van der Waals surface area (Å²) >= 11 is 0. The van der Waals surface area contributed by atoms with Gasteiger partial charge in [-0.1, -0.05) is 47.6 Å². The Hall–Kier alpha value is 0.0938. The van der Waals surface area contributed by atoms with Gasteiger partial charge in [-0.3, -0.25) is 0 Å². The molecule has 0 saturated carbocycles. The lowest BCUT2D eigenvalue weighted by molar-refractivity contribution is 0.144. The molecule has 0 aliphatic heterocycles. The fourth-order valence-electron chi connectivity index (χ4n) is 1.67. The van der Waals surface area contributed by atoms with Gasteiger partial charge in [0.1, 0.15) is 0 Å². The van der Waals surface area contributed by atoms with Crippen LogP contribution in [0.1, 0.15) is 54.4 Å².